The Morgan fingerprint density at radius 2 is 1.94 bits per heavy atom. The third kappa shape index (κ3) is 5.53. The van der Waals surface area contributed by atoms with Crippen LogP contribution in [0.25, 0.3) is 0 Å². The molecule has 0 fully saturated rings. The number of rotatable bonds is 10. The molecule has 1 aliphatic heterocycles. The van der Waals surface area contributed by atoms with Crippen molar-refractivity contribution in [1.82, 2.24) is 5.32 Å². The molecule has 1 aliphatic rings. The van der Waals surface area contributed by atoms with Gasteiger partial charge in [-0.05, 0) is 43.7 Å². The number of fused-ring (bicyclic) bond motifs is 1. The standard InChI is InChI=1S/C23H26N2O6/c1-3-24-22(27)9-6-12-25-17-13-16(10-11-19(17)31-15-23(25)28)18(26)14-30-21-8-5-4-7-20(21)29-2/h4-5,7-8,10-11,13H,3,6,9,12,14-15H2,1-2H3,(H,24,27). The van der Waals surface area contributed by atoms with Crippen molar-refractivity contribution in [2.75, 3.05) is 38.3 Å². The number of ether oxygens (including phenoxy) is 3. The summed E-state index contributed by atoms with van der Waals surface area (Å²) in [4.78, 5) is 38.4. The predicted octanol–water partition coefficient (Wildman–Crippen LogP) is 2.60. The first-order valence-corrected chi connectivity index (χ1v) is 10.2. The van der Waals surface area contributed by atoms with E-state index in [2.05, 4.69) is 5.32 Å². The number of hydrogen-bond acceptors (Lipinski definition) is 6. The van der Waals surface area contributed by atoms with E-state index in [1.807, 2.05) is 13.0 Å². The summed E-state index contributed by atoms with van der Waals surface area (Å²) in [6.07, 6.45) is 0.825. The number of para-hydroxylation sites is 2. The van der Waals surface area contributed by atoms with Gasteiger partial charge in [0, 0.05) is 25.1 Å². The fourth-order valence-corrected chi connectivity index (χ4v) is 3.27. The smallest absolute Gasteiger partial charge is 0.265 e. The second-order valence-electron chi connectivity index (χ2n) is 6.94. The van der Waals surface area contributed by atoms with Gasteiger partial charge in [0.15, 0.2) is 30.5 Å². The number of hydrogen-bond donors (Lipinski definition) is 1. The highest BCUT2D eigenvalue weighted by Crippen LogP contribution is 2.33. The number of nitrogens with one attached hydrogen (secondary N) is 1. The van der Waals surface area contributed by atoms with Crippen molar-refractivity contribution in [2.45, 2.75) is 19.8 Å². The SMILES string of the molecule is CCNC(=O)CCCN1C(=O)COc2ccc(C(=O)COc3ccccc3OC)cc21. The minimum absolute atomic E-state index is 0.0548. The first kappa shape index (κ1) is 22.1. The van der Waals surface area contributed by atoms with Crippen LogP contribution in [0.1, 0.15) is 30.1 Å². The van der Waals surface area contributed by atoms with Crippen LogP contribution in [-0.4, -0.2) is 51.0 Å². The number of Topliss-reactive ketones (excluding diaryl/α,β-unsaturated/α-hetero) is 1. The number of carbonyl (C=O) groups is 3. The molecule has 0 aliphatic carbocycles. The highest BCUT2D eigenvalue weighted by molar-refractivity contribution is 6.02. The van der Waals surface area contributed by atoms with Gasteiger partial charge < -0.3 is 24.4 Å². The number of benzene rings is 2. The molecule has 0 unspecified atom stereocenters. The Morgan fingerprint density at radius 1 is 1.16 bits per heavy atom. The van der Waals surface area contributed by atoms with Crippen LogP contribution >= 0.6 is 0 Å². The fraction of sp³-hybridized carbons (Fsp3) is 0.348. The number of anilines is 1. The van der Waals surface area contributed by atoms with Crippen LogP contribution in [0.4, 0.5) is 5.69 Å². The van der Waals surface area contributed by atoms with Crippen LogP contribution in [0.2, 0.25) is 0 Å². The Kier molecular flexibility index (Phi) is 7.48. The largest absolute Gasteiger partial charge is 0.493 e. The van der Waals surface area contributed by atoms with Crippen molar-refractivity contribution < 1.29 is 28.6 Å². The molecule has 2 amide bonds. The lowest BCUT2D eigenvalue weighted by molar-refractivity contribution is -0.122. The monoisotopic (exact) mass is 426 g/mol. The summed E-state index contributed by atoms with van der Waals surface area (Å²) in [5.41, 5.74) is 0.927. The molecular weight excluding hydrogens is 400 g/mol. The molecule has 1 N–H and O–H groups in total. The van der Waals surface area contributed by atoms with E-state index in [1.165, 1.54) is 7.11 Å². The molecule has 8 heteroatoms. The van der Waals surface area contributed by atoms with Crippen molar-refractivity contribution in [3.8, 4) is 17.2 Å². The second kappa shape index (κ2) is 10.5. The van der Waals surface area contributed by atoms with Crippen molar-refractivity contribution in [2.24, 2.45) is 0 Å². The van der Waals surface area contributed by atoms with E-state index in [1.54, 1.807) is 41.3 Å². The Labute approximate surface area is 181 Å². The number of methoxy groups -OCH3 is 1. The van der Waals surface area contributed by atoms with Gasteiger partial charge in [-0.1, -0.05) is 12.1 Å². The lowest BCUT2D eigenvalue weighted by atomic mass is 10.1. The molecule has 0 atom stereocenters. The van der Waals surface area contributed by atoms with Gasteiger partial charge >= 0.3 is 0 Å². The predicted molar refractivity (Wildman–Crippen MR) is 115 cm³/mol. The van der Waals surface area contributed by atoms with Gasteiger partial charge in [-0.25, -0.2) is 0 Å². The zero-order chi connectivity index (χ0) is 22.2. The molecule has 8 nitrogen and oxygen atoms in total. The zero-order valence-corrected chi connectivity index (χ0v) is 17.7. The summed E-state index contributed by atoms with van der Waals surface area (Å²) < 4.78 is 16.3. The quantitative estimate of drug-likeness (QED) is 0.587. The molecule has 0 aromatic heterocycles. The molecule has 3 rings (SSSR count). The molecule has 31 heavy (non-hydrogen) atoms. The van der Waals surface area contributed by atoms with Gasteiger partial charge in [0.25, 0.3) is 5.91 Å². The average Bonchev–Trinajstić information content (AvgIpc) is 2.79. The summed E-state index contributed by atoms with van der Waals surface area (Å²) in [5.74, 6) is 1.03. The molecule has 164 valence electrons. The molecule has 0 radical (unpaired) electrons. The lowest BCUT2D eigenvalue weighted by Gasteiger charge is -2.29. The number of carbonyl (C=O) groups excluding carboxylic acids is 3. The maximum absolute atomic E-state index is 12.7. The van der Waals surface area contributed by atoms with Crippen LogP contribution in [0, 0.1) is 0 Å². The van der Waals surface area contributed by atoms with E-state index in [0.29, 0.717) is 54.4 Å². The van der Waals surface area contributed by atoms with E-state index in [-0.39, 0.29) is 30.8 Å². The van der Waals surface area contributed by atoms with Gasteiger partial charge in [-0.3, -0.25) is 14.4 Å². The molecule has 0 bridgehead atoms. The maximum atomic E-state index is 12.7. The molecule has 0 saturated heterocycles. The van der Waals surface area contributed by atoms with E-state index in [0.717, 1.165) is 0 Å². The maximum Gasteiger partial charge on any atom is 0.265 e. The summed E-state index contributed by atoms with van der Waals surface area (Å²) in [7, 11) is 1.53. The summed E-state index contributed by atoms with van der Waals surface area (Å²) in [5, 5.41) is 2.74. The average molecular weight is 426 g/mol. The molecule has 1 heterocycles. The number of ketones is 1. The van der Waals surface area contributed by atoms with Gasteiger partial charge in [0.1, 0.15) is 5.75 Å². The highest BCUT2D eigenvalue weighted by Gasteiger charge is 2.26. The molecule has 0 saturated carbocycles. The number of amides is 2. The Morgan fingerprint density at radius 3 is 2.68 bits per heavy atom. The van der Waals surface area contributed by atoms with Crippen LogP contribution in [0.5, 0.6) is 17.2 Å². The van der Waals surface area contributed by atoms with Gasteiger partial charge in [0.05, 0.1) is 12.8 Å². The topological polar surface area (TPSA) is 94.2 Å². The molecular formula is C23H26N2O6. The van der Waals surface area contributed by atoms with Gasteiger partial charge in [-0.2, -0.15) is 0 Å². The summed E-state index contributed by atoms with van der Waals surface area (Å²) >= 11 is 0. The zero-order valence-electron chi connectivity index (χ0n) is 17.7. The normalized spacial score (nSPS) is 12.6. The van der Waals surface area contributed by atoms with Crippen LogP contribution in [0.15, 0.2) is 42.5 Å². The van der Waals surface area contributed by atoms with Gasteiger partial charge in [-0.15, -0.1) is 0 Å². The van der Waals surface area contributed by atoms with Crippen LogP contribution in [-0.2, 0) is 9.59 Å². The first-order chi connectivity index (χ1) is 15.0. The van der Waals surface area contributed by atoms with E-state index >= 15 is 0 Å². The van der Waals surface area contributed by atoms with Crippen LogP contribution < -0.4 is 24.4 Å². The minimum Gasteiger partial charge on any atom is -0.493 e. The fourth-order valence-electron chi connectivity index (χ4n) is 3.27. The van der Waals surface area contributed by atoms with Gasteiger partial charge in [0.2, 0.25) is 5.91 Å². The Hall–Kier alpha value is -3.55. The first-order valence-electron chi connectivity index (χ1n) is 10.2. The summed E-state index contributed by atoms with van der Waals surface area (Å²) in [6.45, 7) is 2.54. The number of nitrogens with zero attached hydrogens (tertiary/aromatic N) is 1. The summed E-state index contributed by atoms with van der Waals surface area (Å²) in [6, 6.07) is 12.0. The minimum atomic E-state index is -0.242. The Bertz CT molecular complexity index is 959. The van der Waals surface area contributed by atoms with Crippen molar-refractivity contribution in [3.63, 3.8) is 0 Å². The van der Waals surface area contributed by atoms with Crippen molar-refractivity contribution in [1.29, 1.82) is 0 Å². The molecule has 2 aromatic carbocycles. The van der Waals surface area contributed by atoms with E-state index in [9.17, 15) is 14.4 Å². The van der Waals surface area contributed by atoms with Crippen molar-refractivity contribution in [3.05, 3.63) is 48.0 Å². The van der Waals surface area contributed by atoms with E-state index < -0.39 is 0 Å². The molecule has 2 aromatic rings. The third-order valence-electron chi connectivity index (χ3n) is 4.81. The van der Waals surface area contributed by atoms with Crippen LogP contribution in [0.3, 0.4) is 0 Å². The highest BCUT2D eigenvalue weighted by atomic mass is 16.5. The Balaban J connectivity index is 1.69. The lowest BCUT2D eigenvalue weighted by Crippen LogP contribution is -2.40. The van der Waals surface area contributed by atoms with Crippen molar-refractivity contribution >= 4 is 23.3 Å². The van der Waals surface area contributed by atoms with E-state index in [4.69, 9.17) is 14.2 Å². The molecule has 0 spiro atoms. The third-order valence-corrected chi connectivity index (χ3v) is 4.81. The second-order valence-corrected chi connectivity index (χ2v) is 6.94.